The fourth-order valence-electron chi connectivity index (χ4n) is 1.15. The van der Waals surface area contributed by atoms with Gasteiger partial charge in [-0.05, 0) is 12.3 Å². The van der Waals surface area contributed by atoms with Crippen LogP contribution in [0.1, 0.15) is 27.7 Å². The normalized spacial score (nSPS) is 13.5. The zero-order valence-corrected chi connectivity index (χ0v) is 8.55. The van der Waals surface area contributed by atoms with Crippen LogP contribution in [0.25, 0.3) is 0 Å². The van der Waals surface area contributed by atoms with E-state index in [1.807, 2.05) is 0 Å². The maximum Gasteiger partial charge on any atom is 0.316 e. The molecule has 1 unspecified atom stereocenters. The SMILES string of the molecule is CCNC(=O)C(C(=O)O)C(C)(C)C. The molecule has 2 N–H and O–H groups in total. The summed E-state index contributed by atoms with van der Waals surface area (Å²) in [7, 11) is 0. The molecule has 4 heteroatoms. The number of hydrogen-bond donors (Lipinski definition) is 2. The first kappa shape index (κ1) is 11.9. The molecule has 0 saturated heterocycles. The van der Waals surface area contributed by atoms with Gasteiger partial charge in [-0.3, -0.25) is 9.59 Å². The zero-order valence-electron chi connectivity index (χ0n) is 8.55. The molecule has 0 spiro atoms. The van der Waals surface area contributed by atoms with Crippen LogP contribution in [0, 0.1) is 11.3 Å². The molecule has 0 fully saturated rings. The highest BCUT2D eigenvalue weighted by atomic mass is 16.4. The average molecular weight is 187 g/mol. The number of carbonyl (C=O) groups excluding carboxylic acids is 1. The van der Waals surface area contributed by atoms with Crippen molar-refractivity contribution in [1.29, 1.82) is 0 Å². The van der Waals surface area contributed by atoms with Gasteiger partial charge >= 0.3 is 5.97 Å². The van der Waals surface area contributed by atoms with E-state index in [0.29, 0.717) is 6.54 Å². The minimum Gasteiger partial charge on any atom is -0.481 e. The number of carboxylic acid groups (broad SMARTS) is 1. The molecule has 1 amide bonds. The minimum atomic E-state index is -1.07. The summed E-state index contributed by atoms with van der Waals surface area (Å²) >= 11 is 0. The lowest BCUT2D eigenvalue weighted by Crippen LogP contribution is -2.42. The molecule has 0 aromatic rings. The third kappa shape index (κ3) is 3.44. The quantitative estimate of drug-likeness (QED) is 0.644. The fourth-order valence-corrected chi connectivity index (χ4v) is 1.15. The summed E-state index contributed by atoms with van der Waals surface area (Å²) in [6, 6.07) is 0. The first-order chi connectivity index (χ1) is 5.80. The van der Waals surface area contributed by atoms with Crippen molar-refractivity contribution in [3.63, 3.8) is 0 Å². The molecule has 76 valence electrons. The van der Waals surface area contributed by atoms with Crippen molar-refractivity contribution in [3.05, 3.63) is 0 Å². The van der Waals surface area contributed by atoms with Gasteiger partial charge < -0.3 is 10.4 Å². The van der Waals surface area contributed by atoms with Gasteiger partial charge in [0.05, 0.1) is 0 Å². The predicted molar refractivity (Wildman–Crippen MR) is 49.3 cm³/mol. The standard InChI is InChI=1S/C9H17NO3/c1-5-10-7(11)6(8(12)13)9(2,3)4/h6H,5H2,1-4H3,(H,10,11)(H,12,13). The lowest BCUT2D eigenvalue weighted by Gasteiger charge is -2.25. The number of nitrogens with one attached hydrogen (secondary N) is 1. The molecule has 0 aliphatic carbocycles. The van der Waals surface area contributed by atoms with Crippen LogP contribution in [0.2, 0.25) is 0 Å². The van der Waals surface area contributed by atoms with Crippen molar-refractivity contribution >= 4 is 11.9 Å². The molecule has 0 rings (SSSR count). The summed E-state index contributed by atoms with van der Waals surface area (Å²) in [5.41, 5.74) is -0.551. The van der Waals surface area contributed by atoms with Gasteiger partial charge in [-0.1, -0.05) is 20.8 Å². The van der Waals surface area contributed by atoms with E-state index in [0.717, 1.165) is 0 Å². The molecule has 0 aromatic heterocycles. The van der Waals surface area contributed by atoms with Crippen LogP contribution in [-0.4, -0.2) is 23.5 Å². The van der Waals surface area contributed by atoms with Gasteiger partial charge in [0, 0.05) is 6.54 Å². The third-order valence-corrected chi connectivity index (χ3v) is 1.73. The number of aliphatic carboxylic acids is 1. The molecule has 0 aromatic carbocycles. The monoisotopic (exact) mass is 187 g/mol. The smallest absolute Gasteiger partial charge is 0.316 e. The van der Waals surface area contributed by atoms with Gasteiger partial charge in [-0.2, -0.15) is 0 Å². The van der Waals surface area contributed by atoms with E-state index in [1.165, 1.54) is 0 Å². The maximum atomic E-state index is 11.3. The second kappa shape index (κ2) is 4.25. The summed E-state index contributed by atoms with van der Waals surface area (Å²) in [5, 5.41) is 11.4. The van der Waals surface area contributed by atoms with Crippen molar-refractivity contribution in [2.45, 2.75) is 27.7 Å². The number of amides is 1. The van der Waals surface area contributed by atoms with Crippen molar-refractivity contribution in [2.24, 2.45) is 11.3 Å². The third-order valence-electron chi connectivity index (χ3n) is 1.73. The van der Waals surface area contributed by atoms with E-state index >= 15 is 0 Å². The Morgan fingerprint density at radius 1 is 1.38 bits per heavy atom. The lowest BCUT2D eigenvalue weighted by atomic mass is 9.80. The highest BCUT2D eigenvalue weighted by molar-refractivity contribution is 5.97. The van der Waals surface area contributed by atoms with E-state index < -0.39 is 23.2 Å². The second-order valence-electron chi connectivity index (χ2n) is 4.03. The molecule has 0 saturated carbocycles. The Kier molecular flexibility index (Phi) is 3.91. The Morgan fingerprint density at radius 2 is 1.85 bits per heavy atom. The number of hydrogen-bond acceptors (Lipinski definition) is 2. The zero-order chi connectivity index (χ0) is 10.6. The van der Waals surface area contributed by atoms with Crippen molar-refractivity contribution in [1.82, 2.24) is 5.32 Å². The van der Waals surface area contributed by atoms with E-state index in [-0.39, 0.29) is 0 Å². The van der Waals surface area contributed by atoms with Crippen LogP contribution in [0.5, 0.6) is 0 Å². The van der Waals surface area contributed by atoms with Crippen LogP contribution in [-0.2, 0) is 9.59 Å². The van der Waals surface area contributed by atoms with E-state index in [4.69, 9.17) is 5.11 Å². The topological polar surface area (TPSA) is 66.4 Å². The highest BCUT2D eigenvalue weighted by Crippen LogP contribution is 2.26. The Hall–Kier alpha value is -1.06. The van der Waals surface area contributed by atoms with Crippen LogP contribution in [0.4, 0.5) is 0 Å². The van der Waals surface area contributed by atoms with Crippen molar-refractivity contribution < 1.29 is 14.7 Å². The minimum absolute atomic E-state index is 0.414. The predicted octanol–water partition coefficient (Wildman–Crippen LogP) is 0.869. The summed E-state index contributed by atoms with van der Waals surface area (Å²) in [5.74, 6) is -2.46. The maximum absolute atomic E-state index is 11.3. The van der Waals surface area contributed by atoms with Crippen LogP contribution in [0.3, 0.4) is 0 Å². The van der Waals surface area contributed by atoms with Gasteiger partial charge in [0.15, 0.2) is 0 Å². The molecule has 0 aliphatic rings. The largest absolute Gasteiger partial charge is 0.481 e. The number of carboxylic acids is 1. The van der Waals surface area contributed by atoms with Crippen molar-refractivity contribution in [3.8, 4) is 0 Å². The first-order valence-electron chi connectivity index (χ1n) is 4.31. The summed E-state index contributed by atoms with van der Waals surface area (Å²) in [4.78, 5) is 22.1. The van der Waals surface area contributed by atoms with Gasteiger partial charge in [-0.25, -0.2) is 0 Å². The first-order valence-corrected chi connectivity index (χ1v) is 4.31. The van der Waals surface area contributed by atoms with E-state index in [9.17, 15) is 9.59 Å². The van der Waals surface area contributed by atoms with Gasteiger partial charge in [-0.15, -0.1) is 0 Å². The van der Waals surface area contributed by atoms with E-state index in [2.05, 4.69) is 5.32 Å². The fraction of sp³-hybridized carbons (Fsp3) is 0.778. The Labute approximate surface area is 78.3 Å². The van der Waals surface area contributed by atoms with Gasteiger partial charge in [0.25, 0.3) is 0 Å². The Morgan fingerprint density at radius 3 is 2.08 bits per heavy atom. The molecule has 0 aliphatic heterocycles. The number of rotatable bonds is 3. The molecular weight excluding hydrogens is 170 g/mol. The van der Waals surface area contributed by atoms with Gasteiger partial charge in [0.1, 0.15) is 5.92 Å². The van der Waals surface area contributed by atoms with Crippen LogP contribution in [0.15, 0.2) is 0 Å². The lowest BCUT2D eigenvalue weighted by molar-refractivity contribution is -0.151. The average Bonchev–Trinajstić information content (AvgIpc) is 1.82. The van der Waals surface area contributed by atoms with Gasteiger partial charge in [0.2, 0.25) is 5.91 Å². The molecule has 0 heterocycles. The molecule has 0 radical (unpaired) electrons. The second-order valence-corrected chi connectivity index (χ2v) is 4.03. The molecule has 4 nitrogen and oxygen atoms in total. The summed E-state index contributed by atoms with van der Waals surface area (Å²) in [6.07, 6.45) is 0. The molecule has 13 heavy (non-hydrogen) atoms. The molecular formula is C9H17NO3. The molecule has 1 atom stereocenters. The molecule has 0 bridgehead atoms. The summed E-state index contributed by atoms with van der Waals surface area (Å²) in [6.45, 7) is 7.43. The summed E-state index contributed by atoms with van der Waals surface area (Å²) < 4.78 is 0. The van der Waals surface area contributed by atoms with Crippen LogP contribution >= 0.6 is 0 Å². The van der Waals surface area contributed by atoms with Crippen molar-refractivity contribution in [2.75, 3.05) is 6.54 Å². The van der Waals surface area contributed by atoms with E-state index in [1.54, 1.807) is 27.7 Å². The Bertz CT molecular complexity index is 205. The van der Waals surface area contributed by atoms with Crippen LogP contribution < -0.4 is 5.32 Å². The number of carbonyl (C=O) groups is 2. The Balaban J connectivity index is 4.63. The highest BCUT2D eigenvalue weighted by Gasteiger charge is 2.37.